The first-order chi connectivity index (χ1) is 15.9. The molecular formula is C25H18BrNO6. The molecule has 5 aliphatic carbocycles. The average Bonchev–Trinajstić information content (AvgIpc) is 2.81. The van der Waals surface area contributed by atoms with E-state index in [0.717, 1.165) is 11.1 Å². The zero-order valence-corrected chi connectivity index (χ0v) is 19.2. The van der Waals surface area contributed by atoms with Crippen molar-refractivity contribution in [1.82, 2.24) is 5.32 Å². The summed E-state index contributed by atoms with van der Waals surface area (Å²) >= 11 is 3.26. The lowest BCUT2D eigenvalue weighted by molar-refractivity contribution is -0.143. The van der Waals surface area contributed by atoms with E-state index in [1.165, 1.54) is 12.2 Å². The van der Waals surface area contributed by atoms with Crippen LogP contribution in [0.2, 0.25) is 0 Å². The van der Waals surface area contributed by atoms with Gasteiger partial charge >= 0.3 is 5.97 Å². The number of carbonyl (C=O) groups excluding carboxylic acids is 5. The Hall–Kier alpha value is -3.39. The smallest absolute Gasteiger partial charge is 0.307 e. The van der Waals surface area contributed by atoms with Gasteiger partial charge in [0.25, 0.3) is 0 Å². The van der Waals surface area contributed by atoms with E-state index in [0.29, 0.717) is 0 Å². The molecule has 0 radical (unpaired) electrons. The molecule has 0 spiro atoms. The lowest BCUT2D eigenvalue weighted by Crippen LogP contribution is -2.43. The van der Waals surface area contributed by atoms with Crippen LogP contribution in [0.1, 0.15) is 36.3 Å². The van der Waals surface area contributed by atoms with Crippen LogP contribution in [-0.4, -0.2) is 42.3 Å². The predicted molar refractivity (Wildman–Crippen MR) is 120 cm³/mol. The topological polar surface area (TPSA) is 107 Å². The van der Waals surface area contributed by atoms with Crippen molar-refractivity contribution in [3.8, 4) is 0 Å². The van der Waals surface area contributed by atoms with Gasteiger partial charge in [-0.25, -0.2) is 0 Å². The standard InChI is InChI=1S/C25H18BrNO6/c1-2-33-15(30)9-10-27-23-22(26)24(31)20-16-11-5-3-4-6-12(11)17(21(20)25(23)32)19-14(29)8-7-13(28)18(16)19/h3-8,16-17,27H,2,9-10H2,1H3. The van der Waals surface area contributed by atoms with Crippen molar-refractivity contribution in [2.45, 2.75) is 25.2 Å². The number of rotatable bonds is 5. The van der Waals surface area contributed by atoms with Crippen LogP contribution in [0.15, 0.2) is 68.9 Å². The van der Waals surface area contributed by atoms with Crippen molar-refractivity contribution >= 4 is 45.0 Å². The number of nitrogens with one attached hydrogen (secondary N) is 1. The van der Waals surface area contributed by atoms with Crippen molar-refractivity contribution in [2.75, 3.05) is 13.2 Å². The molecule has 1 N–H and O–H groups in total. The van der Waals surface area contributed by atoms with Crippen LogP contribution in [0.3, 0.4) is 0 Å². The number of hydrogen-bond donors (Lipinski definition) is 1. The summed E-state index contributed by atoms with van der Waals surface area (Å²) < 4.78 is 4.95. The largest absolute Gasteiger partial charge is 0.466 e. The van der Waals surface area contributed by atoms with Crippen molar-refractivity contribution in [3.63, 3.8) is 0 Å². The van der Waals surface area contributed by atoms with Gasteiger partial charge in [0, 0.05) is 40.7 Å². The molecule has 2 atom stereocenters. The number of ether oxygens (including phenoxy) is 1. The van der Waals surface area contributed by atoms with Crippen molar-refractivity contribution in [3.05, 3.63) is 80.0 Å². The summed E-state index contributed by atoms with van der Waals surface area (Å²) in [7, 11) is 0. The van der Waals surface area contributed by atoms with Crippen LogP contribution in [0.25, 0.3) is 0 Å². The first-order valence-electron chi connectivity index (χ1n) is 10.6. The Morgan fingerprint density at radius 2 is 1.45 bits per heavy atom. The lowest BCUT2D eigenvalue weighted by Gasteiger charge is -2.44. The number of hydrogen-bond acceptors (Lipinski definition) is 7. The van der Waals surface area contributed by atoms with Crippen LogP contribution in [0.5, 0.6) is 0 Å². The van der Waals surface area contributed by atoms with Crippen LogP contribution in [0, 0.1) is 0 Å². The number of Topliss-reactive ketones (excluding diaryl/α,β-unsaturated/α-hetero) is 2. The molecule has 6 rings (SSSR count). The minimum absolute atomic E-state index is 0.0208. The van der Waals surface area contributed by atoms with Gasteiger partial charge in [-0.15, -0.1) is 0 Å². The van der Waals surface area contributed by atoms with Gasteiger partial charge in [-0.2, -0.15) is 0 Å². The molecule has 0 aliphatic heterocycles. The van der Waals surface area contributed by atoms with Crippen LogP contribution in [-0.2, 0) is 28.7 Å². The Balaban J connectivity index is 1.59. The maximum absolute atomic E-state index is 13.7. The molecule has 0 aromatic heterocycles. The first-order valence-corrected chi connectivity index (χ1v) is 11.4. The molecule has 7 nitrogen and oxygen atoms in total. The van der Waals surface area contributed by atoms with Gasteiger partial charge in [0.05, 0.1) is 17.5 Å². The summed E-state index contributed by atoms with van der Waals surface area (Å²) in [6.45, 7) is 2.05. The highest BCUT2D eigenvalue weighted by Gasteiger charge is 2.54. The molecule has 0 saturated carbocycles. The number of halogens is 1. The molecule has 2 unspecified atom stereocenters. The molecule has 0 saturated heterocycles. The van der Waals surface area contributed by atoms with E-state index in [2.05, 4.69) is 21.2 Å². The molecule has 8 heteroatoms. The molecule has 166 valence electrons. The zero-order chi connectivity index (χ0) is 23.4. The Morgan fingerprint density at radius 1 is 0.909 bits per heavy atom. The van der Waals surface area contributed by atoms with Crippen molar-refractivity contribution in [1.29, 1.82) is 0 Å². The third kappa shape index (κ3) is 3.04. The normalized spacial score (nSPS) is 23.1. The Bertz CT molecular complexity index is 1310. The Morgan fingerprint density at radius 3 is 2.00 bits per heavy atom. The molecule has 0 fully saturated rings. The van der Waals surface area contributed by atoms with Gasteiger partial charge in [0.2, 0.25) is 5.78 Å². The highest BCUT2D eigenvalue weighted by Crippen LogP contribution is 2.58. The number of esters is 1. The van der Waals surface area contributed by atoms with Crippen molar-refractivity contribution < 1.29 is 28.7 Å². The fourth-order valence-corrected chi connectivity index (χ4v) is 5.64. The maximum Gasteiger partial charge on any atom is 0.307 e. The molecule has 0 amide bonds. The number of benzene rings is 1. The van der Waals surface area contributed by atoms with Gasteiger partial charge in [-0.3, -0.25) is 24.0 Å². The molecular weight excluding hydrogens is 490 g/mol. The van der Waals surface area contributed by atoms with E-state index < -0.39 is 29.4 Å². The van der Waals surface area contributed by atoms with E-state index in [9.17, 15) is 24.0 Å². The maximum atomic E-state index is 13.7. The minimum Gasteiger partial charge on any atom is -0.466 e. The third-order valence-electron chi connectivity index (χ3n) is 6.34. The zero-order valence-electron chi connectivity index (χ0n) is 17.6. The second kappa shape index (κ2) is 7.88. The number of ketones is 4. The molecule has 1 aromatic carbocycles. The van der Waals surface area contributed by atoms with Gasteiger partial charge < -0.3 is 10.1 Å². The minimum atomic E-state index is -0.795. The van der Waals surface area contributed by atoms with E-state index in [1.54, 1.807) is 6.92 Å². The number of carbonyl (C=O) groups is 5. The van der Waals surface area contributed by atoms with E-state index in [1.807, 2.05) is 24.3 Å². The van der Waals surface area contributed by atoms with Gasteiger partial charge in [-0.05, 0) is 46.1 Å². The summed E-state index contributed by atoms with van der Waals surface area (Å²) in [6, 6.07) is 7.28. The van der Waals surface area contributed by atoms with Crippen LogP contribution in [0.4, 0.5) is 0 Å². The molecule has 1 aromatic rings. The summed E-state index contributed by atoms with van der Waals surface area (Å²) in [4.78, 5) is 64.6. The average molecular weight is 508 g/mol. The number of allylic oxidation sites excluding steroid dienone is 7. The SMILES string of the molecule is CCOC(=O)CCNC1=C(Br)C(=O)C2=C(C1=O)C1C3=C(C(=O)C=CC3=O)C2c2ccccc21. The van der Waals surface area contributed by atoms with Crippen LogP contribution >= 0.6 is 15.9 Å². The molecule has 0 heterocycles. The summed E-state index contributed by atoms with van der Waals surface area (Å²) in [5.74, 6) is -3.47. The summed E-state index contributed by atoms with van der Waals surface area (Å²) in [5.41, 5.74) is 2.57. The van der Waals surface area contributed by atoms with Gasteiger partial charge in [0.1, 0.15) is 5.70 Å². The van der Waals surface area contributed by atoms with E-state index >= 15 is 0 Å². The second-order valence-corrected chi connectivity index (χ2v) is 8.83. The quantitative estimate of drug-likeness (QED) is 0.481. The highest BCUT2D eigenvalue weighted by atomic mass is 79.9. The van der Waals surface area contributed by atoms with Crippen LogP contribution < -0.4 is 5.32 Å². The van der Waals surface area contributed by atoms with Crippen molar-refractivity contribution in [2.24, 2.45) is 0 Å². The van der Waals surface area contributed by atoms with Gasteiger partial charge in [-0.1, -0.05) is 24.3 Å². The van der Waals surface area contributed by atoms with E-state index in [4.69, 9.17) is 4.74 Å². The molecule has 2 bridgehead atoms. The van der Waals surface area contributed by atoms with Gasteiger partial charge in [0.15, 0.2) is 17.3 Å². The monoisotopic (exact) mass is 507 g/mol. The highest BCUT2D eigenvalue weighted by molar-refractivity contribution is 9.12. The fourth-order valence-electron chi connectivity index (χ4n) is 5.10. The summed E-state index contributed by atoms with van der Waals surface area (Å²) in [6.07, 6.45) is 2.48. The molecule has 5 aliphatic rings. The molecule has 33 heavy (non-hydrogen) atoms. The van der Waals surface area contributed by atoms with E-state index in [-0.39, 0.29) is 63.6 Å². The fraction of sp³-hybridized carbons (Fsp3) is 0.240. The first kappa shape index (κ1) is 21.5. The third-order valence-corrected chi connectivity index (χ3v) is 7.10. The Kier molecular flexibility index (Phi) is 5.12. The Labute approximate surface area is 197 Å². The second-order valence-electron chi connectivity index (χ2n) is 8.04. The summed E-state index contributed by atoms with van der Waals surface area (Å²) in [5, 5.41) is 2.89. The predicted octanol–water partition coefficient (Wildman–Crippen LogP) is 2.48. The lowest BCUT2D eigenvalue weighted by atomic mass is 9.56.